The molecule has 1 amide bonds. The molecule has 1 saturated heterocycles. The van der Waals surface area contributed by atoms with E-state index in [1.54, 1.807) is 25.9 Å². The van der Waals surface area contributed by atoms with Crippen molar-refractivity contribution in [3.05, 3.63) is 75.4 Å². The molecule has 2 aromatic carbocycles. The number of ether oxygens (including phenoxy) is 2. The molecule has 2 aliphatic rings. The highest BCUT2D eigenvalue weighted by molar-refractivity contribution is 9.10. The molecule has 4 rings (SSSR count). The zero-order valence-electron chi connectivity index (χ0n) is 18.0. The molecule has 0 aliphatic carbocycles. The molecule has 2 aliphatic heterocycles. The number of amidine groups is 1. The molecule has 2 atom stereocenters. The molecule has 0 spiro atoms. The predicted octanol–water partition coefficient (Wildman–Crippen LogP) is 4.89. The molecule has 166 valence electrons. The van der Waals surface area contributed by atoms with Gasteiger partial charge in [0.1, 0.15) is 5.75 Å². The SMILES string of the molecule is CCOC(=O)C1=C(C)N=C2S[C@H](Cc3ccc(Br)cc3)C(=O)N2[C@@H]1c1ccc(OC)cc1. The Morgan fingerprint density at radius 2 is 1.84 bits per heavy atom. The first kappa shape index (κ1) is 22.6. The highest BCUT2D eigenvalue weighted by Crippen LogP contribution is 2.44. The van der Waals surface area contributed by atoms with E-state index in [0.29, 0.717) is 28.6 Å². The molecule has 2 aromatic rings. The van der Waals surface area contributed by atoms with Crippen LogP contribution in [0.2, 0.25) is 0 Å². The second-order valence-corrected chi connectivity index (χ2v) is 9.52. The minimum absolute atomic E-state index is 0.0632. The van der Waals surface area contributed by atoms with E-state index in [2.05, 4.69) is 20.9 Å². The van der Waals surface area contributed by atoms with E-state index in [9.17, 15) is 9.59 Å². The molecular formula is C24H23BrN2O4S. The lowest BCUT2D eigenvalue weighted by molar-refractivity contribution is -0.139. The Labute approximate surface area is 199 Å². The van der Waals surface area contributed by atoms with Gasteiger partial charge in [-0.1, -0.05) is 52.0 Å². The van der Waals surface area contributed by atoms with Crippen molar-refractivity contribution >= 4 is 44.7 Å². The van der Waals surface area contributed by atoms with E-state index in [0.717, 1.165) is 15.6 Å². The summed E-state index contributed by atoms with van der Waals surface area (Å²) < 4.78 is 11.6. The van der Waals surface area contributed by atoms with E-state index >= 15 is 0 Å². The molecule has 8 heteroatoms. The summed E-state index contributed by atoms with van der Waals surface area (Å²) >= 11 is 4.89. The van der Waals surface area contributed by atoms with E-state index in [1.807, 2.05) is 48.5 Å². The van der Waals surface area contributed by atoms with Crippen LogP contribution in [0.15, 0.2) is 69.3 Å². The number of hydrogen-bond donors (Lipinski definition) is 0. The minimum atomic E-state index is -0.595. The van der Waals surface area contributed by atoms with Crippen molar-refractivity contribution < 1.29 is 19.1 Å². The van der Waals surface area contributed by atoms with Crippen molar-refractivity contribution in [2.75, 3.05) is 13.7 Å². The number of thioether (sulfide) groups is 1. The van der Waals surface area contributed by atoms with Gasteiger partial charge in [-0.3, -0.25) is 9.69 Å². The van der Waals surface area contributed by atoms with E-state index in [1.165, 1.54) is 11.8 Å². The Kier molecular flexibility index (Phi) is 6.71. The number of aliphatic imine (C=N–C) groups is 1. The van der Waals surface area contributed by atoms with Crippen molar-refractivity contribution in [1.82, 2.24) is 4.90 Å². The summed E-state index contributed by atoms with van der Waals surface area (Å²) in [6.45, 7) is 3.80. The first-order valence-corrected chi connectivity index (χ1v) is 11.9. The zero-order valence-corrected chi connectivity index (χ0v) is 20.4. The Morgan fingerprint density at radius 1 is 1.16 bits per heavy atom. The Morgan fingerprint density at radius 3 is 2.47 bits per heavy atom. The minimum Gasteiger partial charge on any atom is -0.497 e. The van der Waals surface area contributed by atoms with Crippen LogP contribution in [0.4, 0.5) is 0 Å². The summed E-state index contributed by atoms with van der Waals surface area (Å²) in [5.74, 6) is 0.182. The number of benzene rings is 2. The lowest BCUT2D eigenvalue weighted by Gasteiger charge is -2.33. The number of rotatable bonds is 6. The quantitative estimate of drug-likeness (QED) is 0.513. The lowest BCUT2D eigenvalue weighted by Crippen LogP contribution is -2.41. The molecular weight excluding hydrogens is 492 g/mol. The Hall–Kier alpha value is -2.58. The van der Waals surface area contributed by atoms with Gasteiger partial charge >= 0.3 is 5.97 Å². The summed E-state index contributed by atoms with van der Waals surface area (Å²) in [7, 11) is 1.60. The van der Waals surface area contributed by atoms with Gasteiger partial charge in [-0.25, -0.2) is 9.79 Å². The normalized spacial score (nSPS) is 20.2. The van der Waals surface area contributed by atoms with E-state index in [-0.39, 0.29) is 17.8 Å². The average Bonchev–Trinajstić information content (AvgIpc) is 3.09. The summed E-state index contributed by atoms with van der Waals surface area (Å²) in [6, 6.07) is 14.7. The number of esters is 1. The molecule has 0 radical (unpaired) electrons. The summed E-state index contributed by atoms with van der Waals surface area (Å²) in [5, 5.41) is 0.300. The second-order valence-electron chi connectivity index (χ2n) is 7.43. The maximum absolute atomic E-state index is 13.6. The fourth-order valence-electron chi connectivity index (χ4n) is 3.87. The topological polar surface area (TPSA) is 68.2 Å². The number of fused-ring (bicyclic) bond motifs is 1. The first-order valence-electron chi connectivity index (χ1n) is 10.3. The van der Waals surface area contributed by atoms with Crippen molar-refractivity contribution in [2.45, 2.75) is 31.6 Å². The van der Waals surface area contributed by atoms with Crippen molar-refractivity contribution in [3.63, 3.8) is 0 Å². The van der Waals surface area contributed by atoms with Crippen LogP contribution in [0.25, 0.3) is 0 Å². The van der Waals surface area contributed by atoms with Crippen LogP contribution in [0.5, 0.6) is 5.75 Å². The summed E-state index contributed by atoms with van der Waals surface area (Å²) in [5.41, 5.74) is 2.83. The van der Waals surface area contributed by atoms with Crippen LogP contribution in [0.1, 0.15) is 31.0 Å². The van der Waals surface area contributed by atoms with Crippen LogP contribution < -0.4 is 4.74 Å². The molecule has 2 heterocycles. The average molecular weight is 515 g/mol. The molecule has 0 saturated carbocycles. The molecule has 0 bridgehead atoms. The highest BCUT2D eigenvalue weighted by atomic mass is 79.9. The summed E-state index contributed by atoms with van der Waals surface area (Å²) in [4.78, 5) is 32.7. The third kappa shape index (κ3) is 4.34. The van der Waals surface area contributed by atoms with Crippen LogP contribution in [-0.2, 0) is 20.7 Å². The van der Waals surface area contributed by atoms with Crippen molar-refractivity contribution in [1.29, 1.82) is 0 Å². The van der Waals surface area contributed by atoms with Crippen LogP contribution >= 0.6 is 27.7 Å². The molecule has 0 aromatic heterocycles. The van der Waals surface area contributed by atoms with Gasteiger partial charge < -0.3 is 9.47 Å². The first-order chi connectivity index (χ1) is 15.4. The van der Waals surface area contributed by atoms with E-state index < -0.39 is 12.0 Å². The van der Waals surface area contributed by atoms with Crippen molar-refractivity contribution in [2.24, 2.45) is 4.99 Å². The van der Waals surface area contributed by atoms with Gasteiger partial charge in [-0.15, -0.1) is 0 Å². The predicted molar refractivity (Wildman–Crippen MR) is 129 cm³/mol. The fraction of sp³-hybridized carbons (Fsp3) is 0.292. The largest absolute Gasteiger partial charge is 0.497 e. The second kappa shape index (κ2) is 9.50. The number of allylic oxidation sites excluding steroid dienone is 1. The molecule has 6 nitrogen and oxygen atoms in total. The third-order valence-corrected chi connectivity index (χ3v) is 7.09. The summed E-state index contributed by atoms with van der Waals surface area (Å²) in [6.07, 6.45) is 0.579. The van der Waals surface area contributed by atoms with Crippen molar-refractivity contribution in [3.8, 4) is 5.75 Å². The van der Waals surface area contributed by atoms with Crippen LogP contribution in [0, 0.1) is 0 Å². The molecule has 1 fully saturated rings. The number of carbonyl (C=O) groups excluding carboxylic acids is 2. The number of hydrogen-bond acceptors (Lipinski definition) is 6. The Bertz CT molecular complexity index is 1100. The van der Waals surface area contributed by atoms with Gasteiger partial charge in [0, 0.05) is 4.47 Å². The fourth-order valence-corrected chi connectivity index (χ4v) is 5.37. The number of methoxy groups -OCH3 is 1. The lowest BCUT2D eigenvalue weighted by atomic mass is 9.94. The molecule has 0 unspecified atom stereocenters. The number of amides is 1. The van der Waals surface area contributed by atoms with Gasteiger partial charge in [-0.05, 0) is 55.7 Å². The molecule has 0 N–H and O–H groups in total. The van der Waals surface area contributed by atoms with Gasteiger partial charge in [0.25, 0.3) is 0 Å². The number of carbonyl (C=O) groups is 2. The standard InChI is InChI=1S/C24H23BrN2O4S/c1-4-31-23(29)20-14(2)26-24-27(21(20)16-7-11-18(30-3)12-8-16)22(28)19(32-24)13-15-5-9-17(25)10-6-15/h5-12,19,21H,4,13H2,1-3H3/t19-,21-/m1/s1. The van der Waals surface area contributed by atoms with Crippen LogP contribution in [-0.4, -0.2) is 40.9 Å². The number of nitrogens with zero attached hydrogens (tertiary/aromatic N) is 2. The highest BCUT2D eigenvalue weighted by Gasteiger charge is 2.47. The van der Waals surface area contributed by atoms with Gasteiger partial charge in [0.05, 0.1) is 36.3 Å². The maximum Gasteiger partial charge on any atom is 0.338 e. The smallest absolute Gasteiger partial charge is 0.338 e. The van der Waals surface area contributed by atoms with Gasteiger partial charge in [-0.2, -0.15) is 0 Å². The Balaban J connectivity index is 1.71. The third-order valence-electron chi connectivity index (χ3n) is 5.41. The van der Waals surface area contributed by atoms with Gasteiger partial charge in [0.15, 0.2) is 5.17 Å². The monoisotopic (exact) mass is 514 g/mol. The molecule has 32 heavy (non-hydrogen) atoms. The zero-order chi connectivity index (χ0) is 22.8. The maximum atomic E-state index is 13.6. The van der Waals surface area contributed by atoms with Crippen LogP contribution in [0.3, 0.4) is 0 Å². The number of halogens is 1. The van der Waals surface area contributed by atoms with Gasteiger partial charge in [0.2, 0.25) is 5.91 Å². The van der Waals surface area contributed by atoms with E-state index in [4.69, 9.17) is 9.47 Å².